The molecule has 0 saturated carbocycles. The first-order valence-corrected chi connectivity index (χ1v) is 19.1. The van der Waals surface area contributed by atoms with E-state index in [4.69, 9.17) is 0 Å². The molecule has 1 radical (unpaired) electrons. The number of rotatable bonds is 10. The Kier molecular flexibility index (Phi) is 14.3. The van der Waals surface area contributed by atoms with E-state index < -0.39 is 23.3 Å². The van der Waals surface area contributed by atoms with Crippen molar-refractivity contribution in [2.45, 2.75) is 114 Å². The monoisotopic (exact) mass is 964 g/mol. The van der Waals surface area contributed by atoms with Gasteiger partial charge in [0.25, 0.3) is 0 Å². The molecule has 55 heavy (non-hydrogen) atoms. The van der Waals surface area contributed by atoms with Crippen LogP contribution >= 0.6 is 11.3 Å². The van der Waals surface area contributed by atoms with Crippen LogP contribution in [0.1, 0.15) is 103 Å². The van der Waals surface area contributed by atoms with Crippen molar-refractivity contribution >= 4 is 48.9 Å². The zero-order chi connectivity index (χ0) is 40.6. The molecule has 0 bridgehead atoms. The van der Waals surface area contributed by atoms with Crippen LogP contribution in [-0.2, 0) is 37.5 Å². The molecule has 0 aliphatic heterocycles. The maximum Gasteiger partial charge on any atom is 0.419 e. The molecule has 0 aliphatic carbocycles. The number of benzene rings is 3. The second-order valence-electron chi connectivity index (χ2n) is 15.4. The number of alkyl halides is 6. The number of hydrogen-bond donors (Lipinski definition) is 1. The van der Waals surface area contributed by atoms with Crippen LogP contribution in [0.4, 0.5) is 26.3 Å². The molecule has 0 atom stereocenters. The largest absolute Gasteiger partial charge is 0.512 e. The smallest absolute Gasteiger partial charge is 0.419 e. The van der Waals surface area contributed by atoms with Gasteiger partial charge in [-0.2, -0.15) is 26.3 Å². The van der Waals surface area contributed by atoms with E-state index in [1.807, 2.05) is 67.5 Å². The SMILES string of the molecule is CCC(C)(CC)C(=O)/C=C(\O)C(C)(CC)CC.Cc1[c-]c(-c2ncnc3c(C(F)(F)F)c4c(ccc5c(CC(C)(C)C(F)(F)F)csc54)cc23)cc(C)c1.[Ir]. The number of nitrogens with zero attached hydrogens (tertiary/aromatic N) is 2. The standard InChI is InChI=1S/C28H21F6N2S.C15H28O2.Ir/c1-14-7-15(2)9-17(8-14)23-20-10-16-5-6-19-18(11-26(3,4)28(32,33)34)12-37-25(19)21(16)22(27(29,30)31)24(20)36-13-35-23;1-7-14(5,8-2)12(16)11-13(17)15(6,9-3)10-4;/h5-8,10,12-13H,11H2,1-4H3;11,16H,7-10H2,1-6H3;/q-1;;/b;12-11-;. The van der Waals surface area contributed by atoms with Gasteiger partial charge in [-0.15, -0.1) is 46.2 Å². The fourth-order valence-electron chi connectivity index (χ4n) is 6.46. The summed E-state index contributed by atoms with van der Waals surface area (Å²) >= 11 is 1.02. The summed E-state index contributed by atoms with van der Waals surface area (Å²) in [5.74, 6) is 0.286. The third kappa shape index (κ3) is 9.45. The number of halogens is 6. The number of aryl methyl sites for hydroxylation is 2. The van der Waals surface area contributed by atoms with Gasteiger partial charge in [-0.3, -0.25) is 9.78 Å². The van der Waals surface area contributed by atoms with Gasteiger partial charge in [0.2, 0.25) is 0 Å². The van der Waals surface area contributed by atoms with Crippen LogP contribution in [0.25, 0.3) is 43.0 Å². The molecule has 12 heteroatoms. The van der Waals surface area contributed by atoms with Gasteiger partial charge in [0.05, 0.1) is 16.5 Å². The Morgan fingerprint density at radius 1 is 0.855 bits per heavy atom. The maximum atomic E-state index is 14.7. The van der Waals surface area contributed by atoms with Gasteiger partial charge in [0, 0.05) is 47.1 Å². The molecule has 0 amide bonds. The molecular formula is C43H49F6IrN2O2S-. The Balaban J connectivity index is 0.000000385. The van der Waals surface area contributed by atoms with Gasteiger partial charge in [0.1, 0.15) is 12.1 Å². The first-order chi connectivity index (χ1) is 25.0. The maximum absolute atomic E-state index is 14.7. The van der Waals surface area contributed by atoms with E-state index in [0.29, 0.717) is 27.6 Å². The summed E-state index contributed by atoms with van der Waals surface area (Å²) in [5, 5.41) is 12.5. The fourth-order valence-corrected chi connectivity index (χ4v) is 7.59. The van der Waals surface area contributed by atoms with Crippen molar-refractivity contribution < 1.29 is 56.3 Å². The van der Waals surface area contributed by atoms with Gasteiger partial charge in [-0.1, -0.05) is 87.4 Å². The summed E-state index contributed by atoms with van der Waals surface area (Å²) in [4.78, 5) is 20.5. The van der Waals surface area contributed by atoms with Crippen molar-refractivity contribution in [3.05, 3.63) is 82.2 Å². The van der Waals surface area contributed by atoms with Crippen LogP contribution in [-0.4, -0.2) is 27.0 Å². The molecule has 5 aromatic rings. The molecule has 2 aromatic heterocycles. The Labute approximate surface area is 337 Å². The fraction of sp³-hybridized carbons (Fsp3) is 0.465. The predicted molar refractivity (Wildman–Crippen MR) is 208 cm³/mol. The van der Waals surface area contributed by atoms with Crippen molar-refractivity contribution in [1.82, 2.24) is 9.97 Å². The van der Waals surface area contributed by atoms with E-state index in [-0.39, 0.29) is 69.9 Å². The Hall–Kier alpha value is -3.34. The Bertz CT molecular complexity index is 2180. The van der Waals surface area contributed by atoms with Crippen LogP contribution in [0, 0.1) is 36.2 Å². The molecule has 5 rings (SSSR count). The minimum absolute atomic E-state index is 0. The second-order valence-corrected chi connectivity index (χ2v) is 16.3. The third-order valence-electron chi connectivity index (χ3n) is 11.2. The summed E-state index contributed by atoms with van der Waals surface area (Å²) in [6.07, 6.45) is -3.70. The number of carbonyl (C=O) groups is 1. The van der Waals surface area contributed by atoms with Crippen molar-refractivity contribution in [3.63, 3.8) is 0 Å². The van der Waals surface area contributed by atoms with E-state index >= 15 is 0 Å². The predicted octanol–water partition coefficient (Wildman–Crippen LogP) is 13.9. The summed E-state index contributed by atoms with van der Waals surface area (Å²) in [6, 6.07) is 11.7. The van der Waals surface area contributed by atoms with Crippen LogP contribution in [0.5, 0.6) is 0 Å². The number of carbonyl (C=O) groups excluding carboxylic acids is 1. The minimum atomic E-state index is -4.76. The molecule has 2 heterocycles. The van der Waals surface area contributed by atoms with Crippen LogP contribution in [0.15, 0.2) is 53.9 Å². The topological polar surface area (TPSA) is 63.1 Å². The van der Waals surface area contributed by atoms with E-state index in [2.05, 4.69) is 16.0 Å². The van der Waals surface area contributed by atoms with Crippen molar-refractivity contribution in [1.29, 1.82) is 0 Å². The molecule has 4 nitrogen and oxygen atoms in total. The van der Waals surface area contributed by atoms with Crippen LogP contribution in [0.3, 0.4) is 0 Å². The molecule has 0 unspecified atom stereocenters. The molecule has 0 fully saturated rings. The zero-order valence-electron chi connectivity index (χ0n) is 32.9. The van der Waals surface area contributed by atoms with Crippen LogP contribution in [0.2, 0.25) is 0 Å². The first-order valence-electron chi connectivity index (χ1n) is 18.2. The van der Waals surface area contributed by atoms with Gasteiger partial charge in [-0.05, 0) is 64.9 Å². The quantitative estimate of drug-likeness (QED) is 0.0498. The molecule has 0 aliphatic rings. The zero-order valence-corrected chi connectivity index (χ0v) is 36.1. The molecular weight excluding hydrogens is 915 g/mol. The van der Waals surface area contributed by atoms with Crippen molar-refractivity contribution in [2.24, 2.45) is 16.2 Å². The first kappa shape index (κ1) is 46.0. The number of thiophene rings is 1. The third-order valence-corrected chi connectivity index (χ3v) is 12.3. The Morgan fingerprint density at radius 3 is 1.98 bits per heavy atom. The number of hydrogen-bond acceptors (Lipinski definition) is 5. The molecule has 0 saturated heterocycles. The number of aliphatic hydroxyl groups excluding tert-OH is 1. The number of ketones is 1. The van der Waals surface area contributed by atoms with E-state index in [1.54, 1.807) is 12.1 Å². The molecule has 3 aromatic carbocycles. The van der Waals surface area contributed by atoms with Crippen LogP contribution < -0.4 is 0 Å². The van der Waals surface area contributed by atoms with E-state index in [0.717, 1.165) is 68.3 Å². The average molecular weight is 964 g/mol. The number of fused-ring (bicyclic) bond motifs is 4. The Morgan fingerprint density at radius 2 is 1.45 bits per heavy atom. The molecule has 301 valence electrons. The molecule has 0 spiro atoms. The number of aliphatic hydroxyl groups is 1. The summed E-state index contributed by atoms with van der Waals surface area (Å²) < 4.78 is 84.9. The number of aromatic nitrogens is 2. The summed E-state index contributed by atoms with van der Waals surface area (Å²) in [7, 11) is 0. The van der Waals surface area contributed by atoms with E-state index in [1.165, 1.54) is 17.5 Å². The summed E-state index contributed by atoms with van der Waals surface area (Å²) in [6.45, 7) is 18.0. The number of allylic oxidation sites excluding steroid dienone is 2. The molecule has 1 N–H and O–H groups in total. The van der Waals surface area contributed by atoms with Gasteiger partial charge >= 0.3 is 12.4 Å². The van der Waals surface area contributed by atoms with E-state index in [9.17, 15) is 36.2 Å². The van der Waals surface area contributed by atoms with Gasteiger partial charge in [-0.25, -0.2) is 4.98 Å². The van der Waals surface area contributed by atoms with Gasteiger partial charge in [0.15, 0.2) is 5.78 Å². The second kappa shape index (κ2) is 17.0. The van der Waals surface area contributed by atoms with Crippen molar-refractivity contribution in [2.75, 3.05) is 0 Å². The normalized spacial score (nSPS) is 13.2. The average Bonchev–Trinajstić information content (AvgIpc) is 3.50. The summed E-state index contributed by atoms with van der Waals surface area (Å²) in [5.41, 5.74) is -0.791. The van der Waals surface area contributed by atoms with Crippen molar-refractivity contribution in [3.8, 4) is 11.3 Å². The minimum Gasteiger partial charge on any atom is -0.512 e. The van der Waals surface area contributed by atoms with Gasteiger partial charge < -0.3 is 5.11 Å².